The lowest BCUT2D eigenvalue weighted by atomic mass is 10.0. The second-order valence-corrected chi connectivity index (χ2v) is 9.38. The summed E-state index contributed by atoms with van der Waals surface area (Å²) in [4.78, 5) is 28.0. The molecule has 0 unspecified atom stereocenters. The SMILES string of the molecule is CC(C)NC(=O)CN1CCN(Cc2nc(-c3ccc(N4CCC[C@@H](C)C4)nc3)no2)CC1. The predicted molar refractivity (Wildman–Crippen MR) is 123 cm³/mol. The van der Waals surface area contributed by atoms with Crippen LogP contribution in [-0.2, 0) is 11.3 Å². The van der Waals surface area contributed by atoms with Crippen LogP contribution in [0.15, 0.2) is 22.9 Å². The average molecular weight is 442 g/mol. The minimum Gasteiger partial charge on any atom is -0.356 e. The van der Waals surface area contributed by atoms with Crippen LogP contribution in [0.3, 0.4) is 0 Å². The van der Waals surface area contributed by atoms with E-state index in [1.54, 1.807) is 0 Å². The highest BCUT2D eigenvalue weighted by molar-refractivity contribution is 5.78. The Hall–Kier alpha value is -2.52. The van der Waals surface area contributed by atoms with Crippen LogP contribution in [0.25, 0.3) is 11.4 Å². The fraction of sp³-hybridized carbons (Fsp3) is 0.652. The number of amides is 1. The summed E-state index contributed by atoms with van der Waals surface area (Å²) in [5.74, 6) is 3.01. The topological polar surface area (TPSA) is 90.6 Å². The van der Waals surface area contributed by atoms with Gasteiger partial charge in [-0.2, -0.15) is 4.98 Å². The molecule has 9 heteroatoms. The molecule has 2 aromatic heterocycles. The predicted octanol–water partition coefficient (Wildman–Crippen LogP) is 2.01. The van der Waals surface area contributed by atoms with E-state index in [1.807, 2.05) is 26.1 Å². The van der Waals surface area contributed by atoms with Crippen LogP contribution in [0, 0.1) is 5.92 Å². The number of aromatic nitrogens is 3. The number of carbonyl (C=O) groups is 1. The van der Waals surface area contributed by atoms with Crippen LogP contribution in [0.5, 0.6) is 0 Å². The maximum Gasteiger partial charge on any atom is 0.241 e. The number of rotatable bonds is 7. The molecule has 0 radical (unpaired) electrons. The van der Waals surface area contributed by atoms with Gasteiger partial charge >= 0.3 is 0 Å². The molecule has 2 aliphatic heterocycles. The van der Waals surface area contributed by atoms with Crippen LogP contribution < -0.4 is 10.2 Å². The summed E-state index contributed by atoms with van der Waals surface area (Å²) in [5, 5.41) is 7.11. The molecule has 0 saturated carbocycles. The fourth-order valence-electron chi connectivity index (χ4n) is 4.41. The van der Waals surface area contributed by atoms with Gasteiger partial charge in [0.15, 0.2) is 0 Å². The molecule has 2 fully saturated rings. The van der Waals surface area contributed by atoms with Gasteiger partial charge in [0.05, 0.1) is 13.1 Å². The van der Waals surface area contributed by atoms with Crippen LogP contribution in [-0.4, -0.2) is 82.7 Å². The minimum atomic E-state index is 0.0874. The third-order valence-electron chi connectivity index (χ3n) is 6.10. The van der Waals surface area contributed by atoms with Gasteiger partial charge in [0, 0.05) is 57.1 Å². The summed E-state index contributed by atoms with van der Waals surface area (Å²) in [6.45, 7) is 12.9. The quantitative estimate of drug-likeness (QED) is 0.698. The van der Waals surface area contributed by atoms with E-state index in [4.69, 9.17) is 4.52 Å². The Kier molecular flexibility index (Phi) is 7.36. The molecule has 0 aromatic carbocycles. The molecular formula is C23H35N7O2. The maximum absolute atomic E-state index is 11.9. The third-order valence-corrected chi connectivity index (χ3v) is 6.10. The Morgan fingerprint density at radius 2 is 1.97 bits per heavy atom. The van der Waals surface area contributed by atoms with Crippen LogP contribution in [0.4, 0.5) is 5.82 Å². The molecule has 4 rings (SSSR count). The monoisotopic (exact) mass is 441 g/mol. The van der Waals surface area contributed by atoms with Crippen molar-refractivity contribution in [2.24, 2.45) is 5.92 Å². The standard InChI is InChI=1S/C23H35N7O2/c1-17(2)25-21(31)15-28-9-11-29(12-10-28)16-22-26-23(27-32-22)19-6-7-20(24-13-19)30-8-4-5-18(3)14-30/h6-7,13,17-18H,4-5,8-12,14-16H2,1-3H3,(H,25,31)/t18-/m1/s1. The van der Waals surface area contributed by atoms with Crippen molar-refractivity contribution in [1.82, 2.24) is 30.2 Å². The van der Waals surface area contributed by atoms with Gasteiger partial charge < -0.3 is 14.7 Å². The van der Waals surface area contributed by atoms with Gasteiger partial charge in [0.2, 0.25) is 17.6 Å². The summed E-state index contributed by atoms with van der Waals surface area (Å²) < 4.78 is 5.50. The number of anilines is 1. The third kappa shape index (κ3) is 6.04. The number of hydrogen-bond acceptors (Lipinski definition) is 8. The van der Waals surface area contributed by atoms with E-state index in [0.29, 0.717) is 30.7 Å². The first-order valence-electron chi connectivity index (χ1n) is 11.7. The molecule has 0 spiro atoms. The van der Waals surface area contributed by atoms with Crippen molar-refractivity contribution >= 4 is 11.7 Å². The molecule has 1 amide bonds. The largest absolute Gasteiger partial charge is 0.356 e. The highest BCUT2D eigenvalue weighted by Gasteiger charge is 2.22. The van der Waals surface area contributed by atoms with E-state index in [2.05, 4.69) is 48.1 Å². The van der Waals surface area contributed by atoms with Gasteiger partial charge in [-0.15, -0.1) is 0 Å². The van der Waals surface area contributed by atoms with Crippen molar-refractivity contribution in [3.63, 3.8) is 0 Å². The van der Waals surface area contributed by atoms with Crippen LogP contribution >= 0.6 is 0 Å². The summed E-state index contributed by atoms with van der Waals surface area (Å²) in [7, 11) is 0. The van der Waals surface area contributed by atoms with E-state index in [-0.39, 0.29) is 11.9 Å². The number of piperidine rings is 1. The molecule has 2 saturated heterocycles. The first-order chi connectivity index (χ1) is 15.5. The smallest absolute Gasteiger partial charge is 0.241 e. The lowest BCUT2D eigenvalue weighted by molar-refractivity contribution is -0.123. The fourth-order valence-corrected chi connectivity index (χ4v) is 4.41. The van der Waals surface area contributed by atoms with Gasteiger partial charge in [0.1, 0.15) is 5.82 Å². The van der Waals surface area contributed by atoms with Gasteiger partial charge in [-0.3, -0.25) is 14.6 Å². The summed E-state index contributed by atoms with van der Waals surface area (Å²) in [6.07, 6.45) is 4.35. The van der Waals surface area contributed by atoms with E-state index in [9.17, 15) is 4.79 Å². The Morgan fingerprint density at radius 3 is 2.66 bits per heavy atom. The molecule has 32 heavy (non-hydrogen) atoms. The summed E-state index contributed by atoms with van der Waals surface area (Å²) in [5.41, 5.74) is 0.870. The lowest BCUT2D eigenvalue weighted by Gasteiger charge is -2.33. The number of nitrogens with zero attached hydrogens (tertiary/aromatic N) is 6. The second kappa shape index (κ2) is 10.4. The van der Waals surface area contributed by atoms with Crippen molar-refractivity contribution in [3.05, 3.63) is 24.2 Å². The number of carbonyl (C=O) groups excluding carboxylic acids is 1. The van der Waals surface area contributed by atoms with Gasteiger partial charge in [-0.1, -0.05) is 12.1 Å². The highest BCUT2D eigenvalue weighted by Crippen LogP contribution is 2.23. The zero-order chi connectivity index (χ0) is 22.5. The molecule has 2 aliphatic rings. The Balaban J connectivity index is 1.27. The van der Waals surface area contributed by atoms with Crippen molar-refractivity contribution < 1.29 is 9.32 Å². The first kappa shape index (κ1) is 22.7. The maximum atomic E-state index is 11.9. The number of hydrogen-bond donors (Lipinski definition) is 1. The summed E-state index contributed by atoms with van der Waals surface area (Å²) in [6, 6.07) is 4.25. The molecule has 174 valence electrons. The van der Waals surface area contributed by atoms with Crippen LogP contribution in [0.1, 0.15) is 39.5 Å². The van der Waals surface area contributed by atoms with Crippen molar-refractivity contribution in [1.29, 1.82) is 0 Å². The molecule has 9 nitrogen and oxygen atoms in total. The number of nitrogens with one attached hydrogen (secondary N) is 1. The second-order valence-electron chi connectivity index (χ2n) is 9.38. The van der Waals surface area contributed by atoms with E-state index in [0.717, 1.165) is 50.6 Å². The normalized spacial score (nSPS) is 20.6. The Labute approximate surface area is 190 Å². The molecule has 2 aromatic rings. The van der Waals surface area contributed by atoms with Crippen molar-refractivity contribution in [2.75, 3.05) is 50.7 Å². The molecule has 4 heterocycles. The number of pyridine rings is 1. The lowest BCUT2D eigenvalue weighted by Crippen LogP contribution is -2.49. The molecule has 1 N–H and O–H groups in total. The highest BCUT2D eigenvalue weighted by atomic mass is 16.5. The zero-order valence-corrected chi connectivity index (χ0v) is 19.5. The van der Waals surface area contributed by atoms with Crippen molar-refractivity contribution in [3.8, 4) is 11.4 Å². The van der Waals surface area contributed by atoms with Gasteiger partial charge in [-0.05, 0) is 44.7 Å². The number of piperazine rings is 1. The van der Waals surface area contributed by atoms with Crippen molar-refractivity contribution in [2.45, 2.75) is 46.2 Å². The van der Waals surface area contributed by atoms with Gasteiger partial charge in [-0.25, -0.2) is 4.98 Å². The van der Waals surface area contributed by atoms with E-state index >= 15 is 0 Å². The molecule has 1 atom stereocenters. The Morgan fingerprint density at radius 1 is 1.19 bits per heavy atom. The van der Waals surface area contributed by atoms with E-state index < -0.39 is 0 Å². The molecule has 0 aliphatic carbocycles. The minimum absolute atomic E-state index is 0.0874. The molecule has 0 bridgehead atoms. The van der Waals surface area contributed by atoms with Gasteiger partial charge in [0.25, 0.3) is 0 Å². The summed E-state index contributed by atoms with van der Waals surface area (Å²) >= 11 is 0. The average Bonchev–Trinajstić information content (AvgIpc) is 3.23. The molecular weight excluding hydrogens is 406 g/mol. The zero-order valence-electron chi connectivity index (χ0n) is 19.5. The van der Waals surface area contributed by atoms with E-state index in [1.165, 1.54) is 12.8 Å². The Bertz CT molecular complexity index is 875. The first-order valence-corrected chi connectivity index (χ1v) is 11.7. The van der Waals surface area contributed by atoms with Crippen LogP contribution in [0.2, 0.25) is 0 Å².